The Morgan fingerprint density at radius 1 is 0.844 bits per heavy atom. The summed E-state index contributed by atoms with van der Waals surface area (Å²) in [6, 6.07) is 17.4. The van der Waals surface area contributed by atoms with Crippen molar-refractivity contribution in [3.8, 4) is 5.75 Å². The summed E-state index contributed by atoms with van der Waals surface area (Å²) in [5.41, 5.74) is 1.63. The van der Waals surface area contributed by atoms with Crippen molar-refractivity contribution in [1.29, 1.82) is 0 Å². The van der Waals surface area contributed by atoms with Crippen LogP contribution in [0.25, 0.3) is 0 Å². The predicted molar refractivity (Wildman–Crippen MR) is 123 cm³/mol. The summed E-state index contributed by atoms with van der Waals surface area (Å²) in [5, 5.41) is 2.35. The van der Waals surface area contributed by atoms with Crippen molar-refractivity contribution in [3.05, 3.63) is 71.3 Å². The zero-order valence-corrected chi connectivity index (χ0v) is 19.8. The van der Waals surface area contributed by atoms with Crippen LogP contribution in [0.1, 0.15) is 47.1 Å². The molecule has 5 nitrogen and oxygen atoms in total. The molecule has 0 saturated heterocycles. The topological polar surface area (TPSA) is 72.5 Å². The number of benzene rings is 3. The summed E-state index contributed by atoms with van der Waals surface area (Å²) in [7, 11) is -0.422. The molecule has 0 aliphatic carbocycles. The zero-order valence-electron chi connectivity index (χ0n) is 18.1. The van der Waals surface area contributed by atoms with Crippen molar-refractivity contribution in [3.63, 3.8) is 0 Å². The summed E-state index contributed by atoms with van der Waals surface area (Å²) in [4.78, 5) is 28.8. The maximum atomic E-state index is 13.7. The van der Waals surface area contributed by atoms with Crippen LogP contribution in [0.4, 0.5) is 0 Å². The standard InChI is InChI=1S/C25H21NO4S2/c1-25(2,3)14-5-10-19-21(11-14)32(29)22-13-18-17(23(27)26-24(18)28)12-20(22)31(19)16-8-6-15(30-4)7-9-16/h5-13H,1-4H3/p+1. The number of ether oxygens (including phenoxy) is 1. The van der Waals surface area contributed by atoms with Crippen molar-refractivity contribution < 1.29 is 18.5 Å². The van der Waals surface area contributed by atoms with Gasteiger partial charge < -0.3 is 4.74 Å². The van der Waals surface area contributed by atoms with Crippen molar-refractivity contribution in [2.45, 2.75) is 50.7 Å². The Morgan fingerprint density at radius 3 is 2.09 bits per heavy atom. The third-order valence-corrected chi connectivity index (χ3v) is 9.79. The molecule has 2 aliphatic heterocycles. The van der Waals surface area contributed by atoms with Crippen LogP contribution in [0, 0.1) is 0 Å². The second-order valence-electron chi connectivity index (χ2n) is 8.79. The molecule has 2 heterocycles. The first kappa shape index (κ1) is 21.0. The van der Waals surface area contributed by atoms with E-state index in [1.807, 2.05) is 30.3 Å². The van der Waals surface area contributed by atoms with E-state index in [-0.39, 0.29) is 11.0 Å². The van der Waals surface area contributed by atoms with Crippen molar-refractivity contribution >= 4 is 33.5 Å². The molecule has 32 heavy (non-hydrogen) atoms. The third kappa shape index (κ3) is 3.19. The van der Waals surface area contributed by atoms with Crippen molar-refractivity contribution in [2.75, 3.05) is 7.11 Å². The summed E-state index contributed by atoms with van der Waals surface area (Å²) in [6.07, 6.45) is 0. The fourth-order valence-corrected chi connectivity index (χ4v) is 8.22. The van der Waals surface area contributed by atoms with E-state index in [9.17, 15) is 13.8 Å². The molecule has 2 atom stereocenters. The quantitative estimate of drug-likeness (QED) is 0.351. The molecule has 2 amide bonds. The Hall–Kier alpha value is -2.90. The van der Waals surface area contributed by atoms with Gasteiger partial charge in [0, 0.05) is 6.07 Å². The van der Waals surface area contributed by atoms with Crippen LogP contribution in [0.2, 0.25) is 0 Å². The van der Waals surface area contributed by atoms with Gasteiger partial charge in [0.05, 0.1) is 29.0 Å². The molecule has 0 aromatic heterocycles. The van der Waals surface area contributed by atoms with Gasteiger partial charge in [-0.1, -0.05) is 26.8 Å². The summed E-state index contributed by atoms with van der Waals surface area (Å²) < 4.78 is 19.0. The first-order valence-electron chi connectivity index (χ1n) is 10.2. The molecular formula is C25H22NO4S2+. The lowest BCUT2D eigenvalue weighted by Gasteiger charge is -2.24. The highest BCUT2D eigenvalue weighted by atomic mass is 32.2. The summed E-state index contributed by atoms with van der Waals surface area (Å²) in [6.45, 7) is 6.38. The largest absolute Gasteiger partial charge is 0.497 e. The molecule has 162 valence electrons. The van der Waals surface area contributed by atoms with Gasteiger partial charge in [-0.25, -0.2) is 4.21 Å². The number of fused-ring (bicyclic) bond motifs is 3. The number of hydrogen-bond acceptors (Lipinski definition) is 4. The Bertz CT molecular complexity index is 1320. The van der Waals surface area contributed by atoms with E-state index in [4.69, 9.17) is 4.74 Å². The fourth-order valence-electron chi connectivity index (χ4n) is 3.97. The molecule has 3 aromatic carbocycles. The van der Waals surface area contributed by atoms with Crippen LogP contribution in [0.15, 0.2) is 79.1 Å². The van der Waals surface area contributed by atoms with Gasteiger partial charge in [-0.2, -0.15) is 0 Å². The first-order chi connectivity index (χ1) is 15.2. The summed E-state index contributed by atoms with van der Waals surface area (Å²) >= 11 is 0. The smallest absolute Gasteiger partial charge is 0.259 e. The van der Waals surface area contributed by atoms with Crippen LogP contribution in [0.3, 0.4) is 0 Å². The van der Waals surface area contributed by atoms with E-state index < -0.39 is 33.5 Å². The number of methoxy groups -OCH3 is 1. The maximum absolute atomic E-state index is 13.7. The molecule has 2 unspecified atom stereocenters. The molecule has 5 rings (SSSR count). The lowest BCUT2D eigenvalue weighted by molar-refractivity contribution is 0.0879. The minimum absolute atomic E-state index is 0.0948. The Labute approximate surface area is 192 Å². The second kappa shape index (κ2) is 7.32. The lowest BCUT2D eigenvalue weighted by Crippen LogP contribution is -2.20. The van der Waals surface area contributed by atoms with E-state index in [2.05, 4.69) is 38.2 Å². The van der Waals surface area contributed by atoms with Crippen LogP contribution < -0.4 is 10.1 Å². The number of carbonyl (C=O) groups excluding carboxylic acids is 2. The Morgan fingerprint density at radius 2 is 1.47 bits per heavy atom. The van der Waals surface area contributed by atoms with Gasteiger partial charge in [0.2, 0.25) is 0 Å². The second-order valence-corrected chi connectivity index (χ2v) is 12.2. The molecule has 3 aromatic rings. The first-order valence-corrected chi connectivity index (χ1v) is 12.5. The zero-order chi connectivity index (χ0) is 22.8. The van der Waals surface area contributed by atoms with Gasteiger partial charge >= 0.3 is 0 Å². The number of rotatable bonds is 2. The third-order valence-electron chi connectivity index (χ3n) is 5.74. The average molecular weight is 465 g/mol. The Kier molecular flexibility index (Phi) is 4.80. The monoisotopic (exact) mass is 464 g/mol. The van der Waals surface area contributed by atoms with Gasteiger partial charge in [0.25, 0.3) is 11.8 Å². The predicted octanol–water partition coefficient (Wildman–Crippen LogP) is 4.45. The highest BCUT2D eigenvalue weighted by Crippen LogP contribution is 2.45. The molecule has 0 bridgehead atoms. The van der Waals surface area contributed by atoms with Crippen LogP contribution in [-0.4, -0.2) is 23.1 Å². The van der Waals surface area contributed by atoms with Gasteiger partial charge in [0.15, 0.2) is 14.7 Å². The van der Waals surface area contributed by atoms with Gasteiger partial charge in [-0.15, -0.1) is 0 Å². The minimum Gasteiger partial charge on any atom is -0.497 e. The highest BCUT2D eigenvalue weighted by Gasteiger charge is 2.44. The van der Waals surface area contributed by atoms with Crippen LogP contribution >= 0.6 is 0 Å². The van der Waals surface area contributed by atoms with E-state index in [0.717, 1.165) is 30.9 Å². The van der Waals surface area contributed by atoms with Gasteiger partial charge in [0.1, 0.15) is 26.4 Å². The Balaban J connectivity index is 1.78. The molecule has 7 heteroatoms. The number of amides is 2. The number of nitrogens with one attached hydrogen (secondary N) is 1. The van der Waals surface area contributed by atoms with E-state index in [0.29, 0.717) is 10.5 Å². The fraction of sp³-hybridized carbons (Fsp3) is 0.200. The number of imide groups is 1. The molecular weight excluding hydrogens is 442 g/mol. The number of carbonyl (C=O) groups is 2. The molecule has 0 saturated carbocycles. The van der Waals surface area contributed by atoms with Crippen LogP contribution in [-0.2, 0) is 27.1 Å². The van der Waals surface area contributed by atoms with Gasteiger partial charge in [-0.3, -0.25) is 14.9 Å². The van der Waals surface area contributed by atoms with Crippen molar-refractivity contribution in [2.24, 2.45) is 0 Å². The maximum Gasteiger partial charge on any atom is 0.259 e. The molecule has 2 aliphatic rings. The molecule has 1 N–H and O–H groups in total. The molecule has 0 fully saturated rings. The molecule has 0 radical (unpaired) electrons. The van der Waals surface area contributed by atoms with Crippen molar-refractivity contribution in [1.82, 2.24) is 5.32 Å². The lowest BCUT2D eigenvalue weighted by atomic mass is 9.87. The normalized spacial score (nSPS) is 19.1. The number of hydrogen-bond donors (Lipinski definition) is 1. The summed E-state index contributed by atoms with van der Waals surface area (Å²) in [5.74, 6) is -0.102. The van der Waals surface area contributed by atoms with E-state index in [1.165, 1.54) is 0 Å². The molecule has 0 spiro atoms. The van der Waals surface area contributed by atoms with E-state index >= 15 is 0 Å². The minimum atomic E-state index is -1.46. The van der Waals surface area contributed by atoms with E-state index in [1.54, 1.807) is 19.2 Å². The van der Waals surface area contributed by atoms with Crippen LogP contribution in [0.5, 0.6) is 5.75 Å². The van der Waals surface area contributed by atoms with Gasteiger partial charge in [-0.05, 0) is 53.4 Å². The SMILES string of the molecule is COc1ccc([S+]2c3ccc(C(C)(C)C)cc3S(=O)c3cc4c(cc32)C(=O)NC4=O)cc1. The highest BCUT2D eigenvalue weighted by molar-refractivity contribution is 7.99. The average Bonchev–Trinajstić information content (AvgIpc) is 3.05.